The summed E-state index contributed by atoms with van der Waals surface area (Å²) in [4.78, 5) is 12.5. The summed E-state index contributed by atoms with van der Waals surface area (Å²) in [6.07, 6.45) is 6.95. The molecule has 1 saturated carbocycles. The van der Waals surface area contributed by atoms with E-state index < -0.39 is 5.41 Å². The number of amides is 1. The Morgan fingerprint density at radius 3 is 2.57 bits per heavy atom. The molecular formula is C17H25FN2O. The molecule has 4 heteroatoms. The van der Waals surface area contributed by atoms with Gasteiger partial charge in [0, 0.05) is 13.1 Å². The van der Waals surface area contributed by atoms with E-state index in [1.54, 1.807) is 6.07 Å². The van der Waals surface area contributed by atoms with Gasteiger partial charge in [-0.15, -0.1) is 0 Å². The first-order valence-corrected chi connectivity index (χ1v) is 7.89. The number of nitrogens with two attached hydrogens (primary N) is 1. The lowest BCUT2D eigenvalue weighted by Gasteiger charge is -2.29. The maximum absolute atomic E-state index is 13.1. The molecule has 0 radical (unpaired) electrons. The fourth-order valence-electron chi connectivity index (χ4n) is 3.13. The average Bonchev–Trinajstić information content (AvgIpc) is 2.73. The largest absolute Gasteiger partial charge is 0.355 e. The highest BCUT2D eigenvalue weighted by atomic mass is 19.1. The number of hydrogen-bond acceptors (Lipinski definition) is 2. The maximum atomic E-state index is 13.1. The second-order valence-electron chi connectivity index (χ2n) is 6.03. The molecule has 116 valence electrons. The van der Waals surface area contributed by atoms with Crippen LogP contribution in [0.15, 0.2) is 24.3 Å². The molecular weight excluding hydrogens is 267 g/mol. The van der Waals surface area contributed by atoms with Gasteiger partial charge in [0.2, 0.25) is 5.91 Å². The molecule has 21 heavy (non-hydrogen) atoms. The minimum absolute atomic E-state index is 0.0725. The van der Waals surface area contributed by atoms with Crippen LogP contribution in [0.2, 0.25) is 0 Å². The third kappa shape index (κ3) is 4.27. The van der Waals surface area contributed by atoms with Crippen molar-refractivity contribution < 1.29 is 9.18 Å². The molecule has 0 aliphatic heterocycles. The molecule has 3 N–H and O–H groups in total. The lowest BCUT2D eigenvalue weighted by Crippen LogP contribution is -2.46. The summed E-state index contributed by atoms with van der Waals surface area (Å²) >= 11 is 0. The highest BCUT2D eigenvalue weighted by Crippen LogP contribution is 2.34. The average molecular weight is 292 g/mol. The van der Waals surface area contributed by atoms with Gasteiger partial charge in [-0.2, -0.15) is 0 Å². The zero-order valence-corrected chi connectivity index (χ0v) is 12.5. The second-order valence-corrected chi connectivity index (χ2v) is 6.03. The van der Waals surface area contributed by atoms with E-state index >= 15 is 0 Å². The molecule has 0 spiro atoms. The van der Waals surface area contributed by atoms with E-state index in [0.29, 0.717) is 19.5 Å². The first kappa shape index (κ1) is 16.0. The molecule has 1 aromatic carbocycles. The Morgan fingerprint density at radius 1 is 1.24 bits per heavy atom. The first-order valence-electron chi connectivity index (χ1n) is 7.89. The van der Waals surface area contributed by atoms with E-state index in [-0.39, 0.29) is 11.7 Å². The fraction of sp³-hybridized carbons (Fsp3) is 0.588. The Hall–Kier alpha value is -1.42. The predicted octanol–water partition coefficient (Wildman–Crippen LogP) is 2.78. The summed E-state index contributed by atoms with van der Waals surface area (Å²) in [5, 5.41) is 3.00. The summed E-state index contributed by atoms with van der Waals surface area (Å²) in [5.41, 5.74) is 6.41. The van der Waals surface area contributed by atoms with E-state index in [1.807, 2.05) is 6.07 Å². The standard InChI is InChI=1S/C17H25FN2O/c18-15-7-5-6-14(12-15)8-11-20-16(21)17(13-19)9-3-1-2-4-10-17/h5-7,12H,1-4,8-11,13,19H2,(H,20,21). The highest BCUT2D eigenvalue weighted by molar-refractivity contribution is 5.82. The van der Waals surface area contributed by atoms with Crippen molar-refractivity contribution in [3.8, 4) is 0 Å². The van der Waals surface area contributed by atoms with Crippen molar-refractivity contribution in [2.75, 3.05) is 13.1 Å². The van der Waals surface area contributed by atoms with Crippen LogP contribution in [0.5, 0.6) is 0 Å². The third-order valence-corrected chi connectivity index (χ3v) is 4.52. The molecule has 1 fully saturated rings. The Kier molecular flexibility index (Phi) is 5.74. The molecule has 1 amide bonds. The van der Waals surface area contributed by atoms with Crippen LogP contribution in [0.3, 0.4) is 0 Å². The van der Waals surface area contributed by atoms with Gasteiger partial charge in [-0.1, -0.05) is 37.8 Å². The molecule has 1 aliphatic rings. The van der Waals surface area contributed by atoms with Crippen LogP contribution in [-0.4, -0.2) is 19.0 Å². The van der Waals surface area contributed by atoms with Crippen molar-refractivity contribution in [2.24, 2.45) is 11.1 Å². The van der Waals surface area contributed by atoms with Gasteiger partial charge in [-0.05, 0) is 37.0 Å². The van der Waals surface area contributed by atoms with E-state index in [4.69, 9.17) is 5.73 Å². The summed E-state index contributed by atoms with van der Waals surface area (Å²) < 4.78 is 13.1. The molecule has 0 aromatic heterocycles. The lowest BCUT2D eigenvalue weighted by atomic mass is 9.79. The minimum atomic E-state index is -0.390. The summed E-state index contributed by atoms with van der Waals surface area (Å²) in [7, 11) is 0. The van der Waals surface area contributed by atoms with Crippen molar-refractivity contribution in [1.82, 2.24) is 5.32 Å². The molecule has 0 atom stereocenters. The number of carbonyl (C=O) groups is 1. The van der Waals surface area contributed by atoms with Crippen LogP contribution in [-0.2, 0) is 11.2 Å². The van der Waals surface area contributed by atoms with Crippen molar-refractivity contribution >= 4 is 5.91 Å². The van der Waals surface area contributed by atoms with Gasteiger partial charge in [0.15, 0.2) is 0 Å². The van der Waals surface area contributed by atoms with Gasteiger partial charge in [-0.25, -0.2) is 4.39 Å². The van der Waals surface area contributed by atoms with Crippen molar-refractivity contribution in [3.05, 3.63) is 35.6 Å². The Balaban J connectivity index is 1.87. The molecule has 0 unspecified atom stereocenters. The minimum Gasteiger partial charge on any atom is -0.355 e. The van der Waals surface area contributed by atoms with E-state index in [2.05, 4.69) is 5.32 Å². The summed E-state index contributed by atoms with van der Waals surface area (Å²) in [5.74, 6) is -0.163. The van der Waals surface area contributed by atoms with Crippen molar-refractivity contribution in [3.63, 3.8) is 0 Å². The van der Waals surface area contributed by atoms with Crippen molar-refractivity contribution in [2.45, 2.75) is 44.9 Å². The van der Waals surface area contributed by atoms with Gasteiger partial charge < -0.3 is 11.1 Å². The van der Waals surface area contributed by atoms with E-state index in [0.717, 1.165) is 31.2 Å². The smallest absolute Gasteiger partial charge is 0.227 e. The van der Waals surface area contributed by atoms with Gasteiger partial charge in [0.25, 0.3) is 0 Å². The molecule has 1 aliphatic carbocycles. The Labute approximate surface area is 126 Å². The summed E-state index contributed by atoms with van der Waals surface area (Å²) in [6.45, 7) is 0.947. The molecule has 3 nitrogen and oxygen atoms in total. The van der Waals surface area contributed by atoms with Crippen LogP contribution < -0.4 is 11.1 Å². The number of benzene rings is 1. The SMILES string of the molecule is NCC1(C(=O)NCCc2cccc(F)c2)CCCCCC1. The van der Waals surface area contributed by atoms with Crippen LogP contribution >= 0.6 is 0 Å². The van der Waals surface area contributed by atoms with E-state index in [9.17, 15) is 9.18 Å². The molecule has 2 rings (SSSR count). The fourth-order valence-corrected chi connectivity index (χ4v) is 3.13. The van der Waals surface area contributed by atoms with Gasteiger partial charge in [0.1, 0.15) is 5.82 Å². The zero-order valence-electron chi connectivity index (χ0n) is 12.5. The van der Waals surface area contributed by atoms with Gasteiger partial charge in [0.05, 0.1) is 5.41 Å². The number of hydrogen-bond donors (Lipinski definition) is 2. The maximum Gasteiger partial charge on any atom is 0.227 e. The third-order valence-electron chi connectivity index (χ3n) is 4.52. The monoisotopic (exact) mass is 292 g/mol. The van der Waals surface area contributed by atoms with Gasteiger partial charge >= 0.3 is 0 Å². The van der Waals surface area contributed by atoms with E-state index in [1.165, 1.54) is 25.0 Å². The van der Waals surface area contributed by atoms with Crippen molar-refractivity contribution in [1.29, 1.82) is 0 Å². The molecule has 0 saturated heterocycles. The molecule has 0 heterocycles. The van der Waals surface area contributed by atoms with Gasteiger partial charge in [-0.3, -0.25) is 4.79 Å². The summed E-state index contributed by atoms with van der Waals surface area (Å²) in [6, 6.07) is 6.51. The molecule has 1 aromatic rings. The number of carbonyl (C=O) groups excluding carboxylic acids is 1. The Morgan fingerprint density at radius 2 is 1.95 bits per heavy atom. The highest BCUT2D eigenvalue weighted by Gasteiger charge is 2.36. The zero-order chi connectivity index (χ0) is 15.1. The van der Waals surface area contributed by atoms with Crippen LogP contribution in [0.4, 0.5) is 4.39 Å². The van der Waals surface area contributed by atoms with Crippen LogP contribution in [0.1, 0.15) is 44.1 Å². The first-order chi connectivity index (χ1) is 10.2. The number of rotatable bonds is 5. The predicted molar refractivity (Wildman–Crippen MR) is 82.3 cm³/mol. The normalized spacial score (nSPS) is 18.0. The topological polar surface area (TPSA) is 55.1 Å². The molecule has 0 bridgehead atoms. The number of halogens is 1. The second kappa shape index (κ2) is 7.55. The number of nitrogens with one attached hydrogen (secondary N) is 1. The quantitative estimate of drug-likeness (QED) is 0.820. The van der Waals surface area contributed by atoms with Crippen LogP contribution in [0.25, 0.3) is 0 Å². The lowest BCUT2D eigenvalue weighted by molar-refractivity contribution is -0.131. The Bertz CT molecular complexity index is 468. The van der Waals surface area contributed by atoms with Crippen LogP contribution in [0, 0.1) is 11.2 Å².